The number of aliphatic hydroxyl groups excluding tert-OH is 1. The molecule has 0 aliphatic heterocycles. The Balaban J connectivity index is 2.00. The van der Waals surface area contributed by atoms with Crippen LogP contribution in [0.1, 0.15) is 21.7 Å². The van der Waals surface area contributed by atoms with Crippen LogP contribution in [0.25, 0.3) is 11.1 Å². The van der Waals surface area contributed by atoms with Crippen LogP contribution in [0.4, 0.5) is 0 Å². The highest BCUT2D eigenvalue weighted by atomic mass is 16.5. The molecule has 0 atom stereocenters. The molecule has 0 spiro atoms. The van der Waals surface area contributed by atoms with Gasteiger partial charge in [-0.1, -0.05) is 54.6 Å². The van der Waals surface area contributed by atoms with Gasteiger partial charge in [-0.25, -0.2) is 4.79 Å². The van der Waals surface area contributed by atoms with Crippen LogP contribution in [-0.4, -0.2) is 21.3 Å². The largest absolute Gasteiger partial charge is 0.475 e. The van der Waals surface area contributed by atoms with E-state index in [1.165, 1.54) is 0 Å². The number of carbonyl (C=O) groups is 1. The van der Waals surface area contributed by atoms with Crippen LogP contribution < -0.4 is 4.74 Å². The number of carboxylic acids is 1. The molecule has 1 heterocycles. The van der Waals surface area contributed by atoms with E-state index in [0.717, 1.165) is 5.56 Å². The number of nitrogens with zero attached hydrogens (tertiary/aromatic N) is 1. The highest BCUT2D eigenvalue weighted by molar-refractivity contribution is 5.95. The fourth-order valence-electron chi connectivity index (χ4n) is 2.39. The van der Waals surface area contributed by atoms with Crippen molar-refractivity contribution >= 4 is 5.97 Å². The molecule has 0 bridgehead atoms. The van der Waals surface area contributed by atoms with Gasteiger partial charge in [-0.3, -0.25) is 0 Å². The topological polar surface area (TPSA) is 92.8 Å². The molecule has 0 saturated heterocycles. The SMILES string of the molecule is O=C(O)c1onc(OCc2ccccc2)c1-c1ccccc1CO. The summed E-state index contributed by atoms with van der Waals surface area (Å²) in [7, 11) is 0. The first-order chi connectivity index (χ1) is 11.7. The van der Waals surface area contributed by atoms with Crippen molar-refractivity contribution in [1.29, 1.82) is 0 Å². The number of carboxylic acid groups (broad SMARTS) is 1. The molecule has 122 valence electrons. The van der Waals surface area contributed by atoms with Crippen LogP contribution in [0.3, 0.4) is 0 Å². The van der Waals surface area contributed by atoms with Crippen LogP contribution in [0, 0.1) is 0 Å². The first kappa shape index (κ1) is 15.8. The van der Waals surface area contributed by atoms with Crippen molar-refractivity contribution in [3.63, 3.8) is 0 Å². The number of ether oxygens (including phenoxy) is 1. The van der Waals surface area contributed by atoms with E-state index in [2.05, 4.69) is 5.16 Å². The Morgan fingerprint density at radius 1 is 1.08 bits per heavy atom. The van der Waals surface area contributed by atoms with Gasteiger partial charge in [-0.05, 0) is 21.8 Å². The summed E-state index contributed by atoms with van der Waals surface area (Å²) in [5, 5.41) is 22.6. The van der Waals surface area contributed by atoms with Crippen LogP contribution >= 0.6 is 0 Å². The lowest BCUT2D eigenvalue weighted by atomic mass is 10.0. The van der Waals surface area contributed by atoms with Crippen molar-refractivity contribution in [2.45, 2.75) is 13.2 Å². The van der Waals surface area contributed by atoms with Gasteiger partial charge in [0.1, 0.15) is 12.2 Å². The summed E-state index contributed by atoms with van der Waals surface area (Å²) in [5.41, 5.74) is 2.22. The Kier molecular flexibility index (Phi) is 4.58. The van der Waals surface area contributed by atoms with Gasteiger partial charge < -0.3 is 19.5 Å². The van der Waals surface area contributed by atoms with Crippen LogP contribution in [0.5, 0.6) is 5.88 Å². The third-order valence-electron chi connectivity index (χ3n) is 3.53. The molecule has 24 heavy (non-hydrogen) atoms. The quantitative estimate of drug-likeness (QED) is 0.723. The second-order valence-corrected chi connectivity index (χ2v) is 5.09. The molecule has 6 heteroatoms. The Morgan fingerprint density at radius 2 is 1.79 bits per heavy atom. The molecule has 1 aromatic heterocycles. The molecule has 0 unspecified atom stereocenters. The van der Waals surface area contributed by atoms with E-state index in [1.807, 2.05) is 30.3 Å². The van der Waals surface area contributed by atoms with Crippen LogP contribution in [-0.2, 0) is 13.2 Å². The summed E-state index contributed by atoms with van der Waals surface area (Å²) in [6.07, 6.45) is 0. The predicted molar refractivity (Wildman–Crippen MR) is 85.6 cm³/mol. The lowest BCUT2D eigenvalue weighted by molar-refractivity contribution is 0.0652. The zero-order chi connectivity index (χ0) is 16.9. The normalized spacial score (nSPS) is 10.5. The Morgan fingerprint density at radius 3 is 2.50 bits per heavy atom. The van der Waals surface area contributed by atoms with Gasteiger partial charge in [-0.15, -0.1) is 0 Å². The van der Waals surface area contributed by atoms with Crippen molar-refractivity contribution in [2.75, 3.05) is 0 Å². The molecule has 6 nitrogen and oxygen atoms in total. The van der Waals surface area contributed by atoms with E-state index < -0.39 is 5.97 Å². The number of aromatic carboxylic acids is 1. The highest BCUT2D eigenvalue weighted by Crippen LogP contribution is 2.35. The van der Waals surface area contributed by atoms with E-state index in [0.29, 0.717) is 11.1 Å². The monoisotopic (exact) mass is 325 g/mol. The van der Waals surface area contributed by atoms with Crippen LogP contribution in [0.2, 0.25) is 0 Å². The summed E-state index contributed by atoms with van der Waals surface area (Å²) in [6.45, 7) is -0.0146. The van der Waals surface area contributed by atoms with Gasteiger partial charge in [0.05, 0.1) is 6.61 Å². The second-order valence-electron chi connectivity index (χ2n) is 5.09. The van der Waals surface area contributed by atoms with Gasteiger partial charge in [0.2, 0.25) is 0 Å². The van der Waals surface area contributed by atoms with E-state index in [4.69, 9.17) is 9.26 Å². The predicted octanol–water partition coefficient (Wildman–Crippen LogP) is 3.11. The number of aromatic nitrogens is 1. The molecule has 3 aromatic rings. The molecular formula is C18H15NO5. The molecule has 0 aliphatic rings. The van der Waals surface area contributed by atoms with E-state index in [9.17, 15) is 15.0 Å². The molecule has 2 aromatic carbocycles. The lowest BCUT2D eigenvalue weighted by Crippen LogP contribution is -2.01. The smallest absolute Gasteiger partial charge is 0.375 e. The standard InChI is InChI=1S/C18H15NO5/c20-10-13-8-4-5-9-14(13)15-16(18(21)22)24-19-17(15)23-11-12-6-2-1-3-7-12/h1-9,20H,10-11H2,(H,21,22). The number of hydrogen-bond acceptors (Lipinski definition) is 5. The Hall–Kier alpha value is -3.12. The molecule has 0 fully saturated rings. The summed E-state index contributed by atoms with van der Waals surface area (Å²) in [5.74, 6) is -1.49. The number of aliphatic hydroxyl groups is 1. The van der Waals surface area contributed by atoms with Gasteiger partial charge in [0, 0.05) is 0 Å². The summed E-state index contributed by atoms with van der Waals surface area (Å²) >= 11 is 0. The molecule has 0 aliphatic carbocycles. The van der Waals surface area contributed by atoms with Crippen molar-refractivity contribution < 1.29 is 24.3 Å². The second kappa shape index (κ2) is 6.97. The Bertz CT molecular complexity index is 842. The minimum Gasteiger partial charge on any atom is -0.475 e. The number of rotatable bonds is 6. The van der Waals surface area contributed by atoms with Crippen molar-refractivity contribution in [1.82, 2.24) is 5.16 Å². The maximum Gasteiger partial charge on any atom is 0.375 e. The van der Waals surface area contributed by atoms with Crippen molar-refractivity contribution in [3.05, 3.63) is 71.5 Å². The average molecular weight is 325 g/mol. The minimum absolute atomic E-state index is 0.0807. The highest BCUT2D eigenvalue weighted by Gasteiger charge is 2.26. The van der Waals surface area contributed by atoms with Gasteiger partial charge in [0.25, 0.3) is 11.6 Å². The third-order valence-corrected chi connectivity index (χ3v) is 3.53. The molecule has 3 rings (SSSR count). The third kappa shape index (κ3) is 3.13. The van der Waals surface area contributed by atoms with Crippen molar-refractivity contribution in [3.8, 4) is 17.0 Å². The Labute approximate surface area is 137 Å². The van der Waals surface area contributed by atoms with Crippen molar-refractivity contribution in [2.24, 2.45) is 0 Å². The van der Waals surface area contributed by atoms with Gasteiger partial charge in [-0.2, -0.15) is 0 Å². The first-order valence-electron chi connectivity index (χ1n) is 7.29. The summed E-state index contributed by atoms with van der Waals surface area (Å²) < 4.78 is 10.6. The maximum absolute atomic E-state index is 11.4. The molecule has 0 amide bonds. The number of hydrogen-bond donors (Lipinski definition) is 2. The minimum atomic E-state index is -1.25. The van der Waals surface area contributed by atoms with Gasteiger partial charge >= 0.3 is 5.97 Å². The maximum atomic E-state index is 11.4. The number of benzene rings is 2. The zero-order valence-corrected chi connectivity index (χ0v) is 12.7. The van der Waals surface area contributed by atoms with Crippen LogP contribution in [0.15, 0.2) is 59.1 Å². The first-order valence-corrected chi connectivity index (χ1v) is 7.29. The lowest BCUT2D eigenvalue weighted by Gasteiger charge is -2.09. The molecule has 0 radical (unpaired) electrons. The van der Waals surface area contributed by atoms with E-state index >= 15 is 0 Å². The fraction of sp³-hybridized carbons (Fsp3) is 0.111. The molecule has 2 N–H and O–H groups in total. The zero-order valence-electron chi connectivity index (χ0n) is 12.7. The molecular weight excluding hydrogens is 310 g/mol. The average Bonchev–Trinajstić information content (AvgIpc) is 3.05. The summed E-state index contributed by atoms with van der Waals surface area (Å²) in [6, 6.07) is 16.3. The molecule has 0 saturated carbocycles. The van der Waals surface area contributed by atoms with E-state index in [1.54, 1.807) is 24.3 Å². The van der Waals surface area contributed by atoms with Gasteiger partial charge in [0.15, 0.2) is 0 Å². The summed E-state index contributed by atoms with van der Waals surface area (Å²) in [4.78, 5) is 11.4. The fourth-order valence-corrected chi connectivity index (χ4v) is 2.39. The van der Waals surface area contributed by atoms with E-state index in [-0.39, 0.29) is 30.4 Å².